The van der Waals surface area contributed by atoms with E-state index in [9.17, 15) is 19.2 Å². The van der Waals surface area contributed by atoms with Crippen molar-refractivity contribution in [2.75, 3.05) is 26.2 Å². The van der Waals surface area contributed by atoms with Crippen LogP contribution in [0.1, 0.15) is 45.4 Å². The molecule has 1 spiro atoms. The normalized spacial score (nSPS) is 24.7. The maximum absolute atomic E-state index is 13.0. The zero-order valence-electron chi connectivity index (χ0n) is 16.2. The van der Waals surface area contributed by atoms with Gasteiger partial charge in [-0.3, -0.25) is 14.4 Å². The zero-order chi connectivity index (χ0) is 19.6. The SMILES string of the molecule is CC(C(=O)N1CCCC(C(=O)NCCN)C1)N1C(=O)NC2(CCCC2)C1=O.Cl. The van der Waals surface area contributed by atoms with Crippen LogP contribution in [0.15, 0.2) is 0 Å². The number of imide groups is 1. The minimum atomic E-state index is -0.872. The van der Waals surface area contributed by atoms with Gasteiger partial charge in [0.05, 0.1) is 5.92 Å². The van der Waals surface area contributed by atoms with E-state index in [2.05, 4.69) is 10.6 Å². The van der Waals surface area contributed by atoms with Crippen LogP contribution in [0.4, 0.5) is 4.79 Å². The van der Waals surface area contributed by atoms with Crippen LogP contribution >= 0.6 is 12.4 Å². The molecule has 4 N–H and O–H groups in total. The number of urea groups is 1. The Kier molecular flexibility index (Phi) is 7.28. The Morgan fingerprint density at radius 1 is 1.29 bits per heavy atom. The predicted molar refractivity (Wildman–Crippen MR) is 105 cm³/mol. The molecule has 158 valence electrons. The standard InChI is InChI=1S/C18H29N5O4.ClH/c1-12(23-16(26)18(21-17(23)27)6-2-3-7-18)15(25)22-10-4-5-13(11-22)14(24)20-9-8-19;/h12-13H,2-11,19H2,1H3,(H,20,24)(H,21,27);1H. The second kappa shape index (κ2) is 9.09. The number of amides is 5. The van der Waals surface area contributed by atoms with Gasteiger partial charge >= 0.3 is 6.03 Å². The first kappa shape index (κ1) is 22.4. The van der Waals surface area contributed by atoms with Crippen LogP contribution in [0.3, 0.4) is 0 Å². The Bertz CT molecular complexity index is 637. The number of carbonyl (C=O) groups is 4. The highest BCUT2D eigenvalue weighted by Gasteiger charge is 2.55. The minimum Gasteiger partial charge on any atom is -0.355 e. The molecule has 10 heteroatoms. The number of nitrogens with one attached hydrogen (secondary N) is 2. The second-order valence-electron chi connectivity index (χ2n) is 7.77. The summed E-state index contributed by atoms with van der Waals surface area (Å²) in [5.41, 5.74) is 4.59. The van der Waals surface area contributed by atoms with Crippen molar-refractivity contribution in [1.29, 1.82) is 0 Å². The molecule has 2 saturated heterocycles. The van der Waals surface area contributed by atoms with E-state index in [1.54, 1.807) is 11.8 Å². The summed E-state index contributed by atoms with van der Waals surface area (Å²) in [4.78, 5) is 53.1. The zero-order valence-corrected chi connectivity index (χ0v) is 17.1. The fourth-order valence-corrected chi connectivity index (χ4v) is 4.42. The molecule has 0 aromatic rings. The van der Waals surface area contributed by atoms with Gasteiger partial charge in [0.1, 0.15) is 11.6 Å². The molecule has 2 atom stereocenters. The van der Waals surface area contributed by atoms with Gasteiger partial charge in [-0.05, 0) is 32.6 Å². The van der Waals surface area contributed by atoms with Crippen LogP contribution < -0.4 is 16.4 Å². The lowest BCUT2D eigenvalue weighted by Gasteiger charge is -2.35. The Morgan fingerprint density at radius 3 is 2.61 bits per heavy atom. The predicted octanol–water partition coefficient (Wildman–Crippen LogP) is -0.0252. The fourth-order valence-electron chi connectivity index (χ4n) is 4.42. The lowest BCUT2D eigenvalue weighted by molar-refractivity contribution is -0.145. The van der Waals surface area contributed by atoms with Gasteiger partial charge in [-0.2, -0.15) is 0 Å². The van der Waals surface area contributed by atoms with E-state index in [4.69, 9.17) is 5.73 Å². The average molecular weight is 416 g/mol. The topological polar surface area (TPSA) is 125 Å². The third-order valence-corrected chi connectivity index (χ3v) is 5.94. The summed E-state index contributed by atoms with van der Waals surface area (Å²) in [6, 6.07) is -1.36. The molecule has 3 aliphatic rings. The summed E-state index contributed by atoms with van der Waals surface area (Å²) in [6.07, 6.45) is 4.47. The van der Waals surface area contributed by atoms with Crippen LogP contribution in [0.25, 0.3) is 0 Å². The monoisotopic (exact) mass is 415 g/mol. The summed E-state index contributed by atoms with van der Waals surface area (Å²) in [6.45, 7) is 3.19. The van der Waals surface area contributed by atoms with E-state index in [1.807, 2.05) is 0 Å². The van der Waals surface area contributed by atoms with Crippen molar-refractivity contribution in [2.24, 2.45) is 11.7 Å². The summed E-state index contributed by atoms with van der Waals surface area (Å²) in [7, 11) is 0. The van der Waals surface area contributed by atoms with Crippen LogP contribution in [0.2, 0.25) is 0 Å². The van der Waals surface area contributed by atoms with Crippen molar-refractivity contribution in [3.63, 3.8) is 0 Å². The number of piperidine rings is 1. The molecule has 1 saturated carbocycles. The maximum Gasteiger partial charge on any atom is 0.325 e. The number of carbonyl (C=O) groups excluding carboxylic acids is 4. The van der Waals surface area contributed by atoms with Crippen molar-refractivity contribution >= 4 is 36.2 Å². The van der Waals surface area contributed by atoms with Crippen molar-refractivity contribution in [1.82, 2.24) is 20.4 Å². The molecule has 0 aromatic heterocycles. The highest BCUT2D eigenvalue weighted by molar-refractivity contribution is 6.10. The maximum atomic E-state index is 13.0. The van der Waals surface area contributed by atoms with Gasteiger partial charge in [0, 0.05) is 26.2 Å². The van der Waals surface area contributed by atoms with Crippen molar-refractivity contribution in [2.45, 2.75) is 57.0 Å². The Hall–Kier alpha value is -1.87. The van der Waals surface area contributed by atoms with Gasteiger partial charge in [0.25, 0.3) is 5.91 Å². The number of rotatable bonds is 5. The van der Waals surface area contributed by atoms with Crippen molar-refractivity contribution in [3.8, 4) is 0 Å². The van der Waals surface area contributed by atoms with E-state index in [0.29, 0.717) is 51.9 Å². The van der Waals surface area contributed by atoms with E-state index >= 15 is 0 Å². The summed E-state index contributed by atoms with van der Waals surface area (Å²) in [5.74, 6) is -0.971. The summed E-state index contributed by atoms with van der Waals surface area (Å²) in [5, 5.41) is 5.57. The highest BCUT2D eigenvalue weighted by atomic mass is 35.5. The Labute approximate surface area is 171 Å². The quantitative estimate of drug-likeness (QED) is 0.544. The number of hydrogen-bond donors (Lipinski definition) is 3. The van der Waals surface area contributed by atoms with Crippen molar-refractivity contribution in [3.05, 3.63) is 0 Å². The van der Waals surface area contributed by atoms with Gasteiger partial charge in [-0.25, -0.2) is 9.69 Å². The van der Waals surface area contributed by atoms with Crippen LogP contribution in [-0.4, -0.2) is 71.3 Å². The fraction of sp³-hybridized carbons (Fsp3) is 0.778. The number of hydrogen-bond acceptors (Lipinski definition) is 5. The van der Waals surface area contributed by atoms with E-state index in [0.717, 1.165) is 17.7 Å². The number of nitrogens with zero attached hydrogens (tertiary/aromatic N) is 2. The van der Waals surface area contributed by atoms with Crippen LogP contribution in [0, 0.1) is 5.92 Å². The molecule has 28 heavy (non-hydrogen) atoms. The first-order valence-corrected chi connectivity index (χ1v) is 9.82. The van der Waals surface area contributed by atoms with E-state index in [-0.39, 0.29) is 36.0 Å². The summed E-state index contributed by atoms with van der Waals surface area (Å²) >= 11 is 0. The second-order valence-corrected chi connectivity index (χ2v) is 7.77. The first-order chi connectivity index (χ1) is 12.9. The molecule has 1 aliphatic carbocycles. The molecule has 5 amide bonds. The van der Waals surface area contributed by atoms with Gasteiger partial charge in [-0.15, -0.1) is 12.4 Å². The average Bonchev–Trinajstić information content (AvgIpc) is 3.23. The lowest BCUT2D eigenvalue weighted by Crippen LogP contribution is -2.54. The molecule has 9 nitrogen and oxygen atoms in total. The third kappa shape index (κ3) is 4.10. The molecular formula is C18H30ClN5O4. The number of halogens is 1. The first-order valence-electron chi connectivity index (χ1n) is 9.82. The van der Waals surface area contributed by atoms with Gasteiger partial charge in [-0.1, -0.05) is 12.8 Å². The van der Waals surface area contributed by atoms with Gasteiger partial charge in [0.15, 0.2) is 0 Å². The largest absolute Gasteiger partial charge is 0.355 e. The molecule has 2 aliphatic heterocycles. The molecule has 2 heterocycles. The third-order valence-electron chi connectivity index (χ3n) is 5.94. The Morgan fingerprint density at radius 2 is 1.96 bits per heavy atom. The van der Waals surface area contributed by atoms with E-state index < -0.39 is 17.6 Å². The van der Waals surface area contributed by atoms with Gasteiger partial charge < -0.3 is 21.3 Å². The molecule has 0 aromatic carbocycles. The summed E-state index contributed by atoms with van der Waals surface area (Å²) < 4.78 is 0. The molecule has 2 unspecified atom stereocenters. The van der Waals surface area contributed by atoms with Crippen molar-refractivity contribution < 1.29 is 19.2 Å². The molecule has 0 bridgehead atoms. The molecule has 3 fully saturated rings. The van der Waals surface area contributed by atoms with Gasteiger partial charge in [0.2, 0.25) is 11.8 Å². The molecule has 3 rings (SSSR count). The number of likely N-dealkylation sites (tertiary alicyclic amines) is 1. The number of nitrogens with two attached hydrogens (primary N) is 1. The lowest BCUT2D eigenvalue weighted by atomic mass is 9.96. The molecular weight excluding hydrogens is 386 g/mol. The Balaban J connectivity index is 0.00000280. The smallest absolute Gasteiger partial charge is 0.325 e. The highest BCUT2D eigenvalue weighted by Crippen LogP contribution is 2.36. The van der Waals surface area contributed by atoms with E-state index in [1.165, 1.54) is 0 Å². The van der Waals surface area contributed by atoms with Crippen LogP contribution in [-0.2, 0) is 14.4 Å². The van der Waals surface area contributed by atoms with Crippen LogP contribution in [0.5, 0.6) is 0 Å². The molecule has 0 radical (unpaired) electrons. The minimum absolute atomic E-state index is 0.